The highest BCUT2D eigenvalue weighted by Gasteiger charge is 2.33. The van der Waals surface area contributed by atoms with Gasteiger partial charge in [0.1, 0.15) is 16.6 Å². The maximum Gasteiger partial charge on any atom is 0.325 e. The van der Waals surface area contributed by atoms with Gasteiger partial charge in [0.25, 0.3) is 5.91 Å². The summed E-state index contributed by atoms with van der Waals surface area (Å²) in [4.78, 5) is 25.3. The summed E-state index contributed by atoms with van der Waals surface area (Å²) in [7, 11) is 1.27. The van der Waals surface area contributed by atoms with Crippen LogP contribution in [0.5, 0.6) is 5.75 Å². The van der Waals surface area contributed by atoms with E-state index in [1.807, 2.05) is 31.2 Å². The van der Waals surface area contributed by atoms with Crippen molar-refractivity contribution in [1.82, 2.24) is 4.90 Å². The van der Waals surface area contributed by atoms with Gasteiger partial charge in [-0.2, -0.15) is 0 Å². The Morgan fingerprint density at radius 1 is 1.36 bits per heavy atom. The lowest BCUT2D eigenvalue weighted by molar-refractivity contribution is -0.143. The fourth-order valence-corrected chi connectivity index (χ4v) is 3.06. The van der Waals surface area contributed by atoms with E-state index in [0.29, 0.717) is 15.8 Å². The minimum atomic E-state index is -0.501. The number of thioether (sulfide) groups is 1. The first-order valence-electron chi connectivity index (χ1n) is 6.60. The van der Waals surface area contributed by atoms with Gasteiger partial charge < -0.3 is 9.47 Å². The molecule has 0 aliphatic carbocycles. The second-order valence-electron chi connectivity index (χ2n) is 4.35. The smallest absolute Gasteiger partial charge is 0.325 e. The van der Waals surface area contributed by atoms with Gasteiger partial charge in [-0.3, -0.25) is 14.5 Å². The van der Waals surface area contributed by atoms with Gasteiger partial charge in [0.15, 0.2) is 0 Å². The van der Waals surface area contributed by atoms with Crippen LogP contribution in [0.15, 0.2) is 29.2 Å². The van der Waals surface area contributed by atoms with Gasteiger partial charge in [0.05, 0.1) is 18.6 Å². The number of hydrogen-bond donors (Lipinski definition) is 0. The molecule has 116 valence electrons. The monoisotopic (exact) mass is 337 g/mol. The van der Waals surface area contributed by atoms with Gasteiger partial charge in [0, 0.05) is 0 Å². The number of nitrogens with zero attached hydrogens (tertiary/aromatic N) is 1. The maximum atomic E-state index is 12.3. The first-order valence-corrected chi connectivity index (χ1v) is 7.82. The molecule has 0 bridgehead atoms. The lowest BCUT2D eigenvalue weighted by Crippen LogP contribution is -2.33. The third-order valence-corrected chi connectivity index (χ3v) is 4.26. The van der Waals surface area contributed by atoms with Crippen LogP contribution >= 0.6 is 24.0 Å². The summed E-state index contributed by atoms with van der Waals surface area (Å²) in [6.45, 7) is 2.36. The molecule has 1 aromatic rings. The Morgan fingerprint density at radius 3 is 2.64 bits per heavy atom. The van der Waals surface area contributed by atoms with Gasteiger partial charge in [-0.1, -0.05) is 36.1 Å². The number of carbonyl (C=O) groups excluding carboxylic acids is 2. The topological polar surface area (TPSA) is 55.8 Å². The van der Waals surface area contributed by atoms with Crippen molar-refractivity contribution in [3.8, 4) is 5.75 Å². The largest absolute Gasteiger partial charge is 0.494 e. The van der Waals surface area contributed by atoms with Crippen LogP contribution in [-0.4, -0.2) is 41.4 Å². The molecule has 1 fully saturated rings. The van der Waals surface area contributed by atoms with Crippen molar-refractivity contribution in [3.05, 3.63) is 34.7 Å². The third kappa shape index (κ3) is 3.86. The Kier molecular flexibility index (Phi) is 5.57. The Morgan fingerprint density at radius 2 is 2.05 bits per heavy atom. The summed E-state index contributed by atoms with van der Waals surface area (Å²) in [5.74, 6) is -0.00853. The molecule has 0 spiro atoms. The predicted octanol–water partition coefficient (Wildman–Crippen LogP) is 2.46. The van der Waals surface area contributed by atoms with E-state index in [1.165, 1.54) is 23.8 Å². The molecule has 0 N–H and O–H groups in total. The molecule has 1 saturated heterocycles. The van der Waals surface area contributed by atoms with Crippen LogP contribution in [0.3, 0.4) is 0 Å². The highest BCUT2D eigenvalue weighted by Crippen LogP contribution is 2.32. The molecule has 22 heavy (non-hydrogen) atoms. The van der Waals surface area contributed by atoms with Crippen molar-refractivity contribution in [2.24, 2.45) is 0 Å². The van der Waals surface area contributed by atoms with Crippen molar-refractivity contribution >= 4 is 46.3 Å². The van der Waals surface area contributed by atoms with Crippen molar-refractivity contribution in [1.29, 1.82) is 0 Å². The Balaban J connectivity index is 2.13. The summed E-state index contributed by atoms with van der Waals surface area (Å²) >= 11 is 6.31. The number of rotatable bonds is 5. The highest BCUT2D eigenvalue weighted by molar-refractivity contribution is 8.26. The van der Waals surface area contributed by atoms with E-state index in [1.54, 1.807) is 6.08 Å². The van der Waals surface area contributed by atoms with E-state index in [0.717, 1.165) is 11.3 Å². The zero-order valence-electron chi connectivity index (χ0n) is 12.2. The third-order valence-electron chi connectivity index (χ3n) is 2.88. The van der Waals surface area contributed by atoms with Gasteiger partial charge in [-0.15, -0.1) is 0 Å². The van der Waals surface area contributed by atoms with Gasteiger partial charge in [-0.25, -0.2) is 0 Å². The number of thiocarbonyl (C=S) groups is 1. The molecule has 0 unspecified atom stereocenters. The molecule has 0 atom stereocenters. The van der Waals surface area contributed by atoms with Crippen LogP contribution in [0, 0.1) is 0 Å². The predicted molar refractivity (Wildman–Crippen MR) is 89.5 cm³/mol. The lowest BCUT2D eigenvalue weighted by atomic mass is 10.2. The average molecular weight is 337 g/mol. The summed E-state index contributed by atoms with van der Waals surface area (Å²) in [6.07, 6.45) is 1.74. The Bertz CT molecular complexity index is 625. The van der Waals surface area contributed by atoms with E-state index in [-0.39, 0.29) is 12.5 Å². The first-order chi connectivity index (χ1) is 10.5. The number of ether oxygens (including phenoxy) is 2. The molecule has 7 heteroatoms. The van der Waals surface area contributed by atoms with Gasteiger partial charge >= 0.3 is 5.97 Å². The summed E-state index contributed by atoms with van der Waals surface area (Å²) in [5.41, 5.74) is 0.863. The summed E-state index contributed by atoms with van der Waals surface area (Å²) in [6, 6.07) is 7.39. The number of benzene rings is 1. The number of methoxy groups -OCH3 is 1. The van der Waals surface area contributed by atoms with Crippen LogP contribution in [0.25, 0.3) is 6.08 Å². The fourth-order valence-electron chi connectivity index (χ4n) is 1.81. The van der Waals surface area contributed by atoms with Crippen LogP contribution in [0.1, 0.15) is 12.5 Å². The number of amides is 1. The quantitative estimate of drug-likeness (QED) is 0.467. The second-order valence-corrected chi connectivity index (χ2v) is 6.02. The molecule has 1 aromatic carbocycles. The van der Waals surface area contributed by atoms with E-state index < -0.39 is 5.97 Å². The van der Waals surface area contributed by atoms with Crippen molar-refractivity contribution in [2.75, 3.05) is 20.3 Å². The minimum Gasteiger partial charge on any atom is -0.494 e. The number of esters is 1. The standard InChI is InChI=1S/C15H15NO4S2/c1-3-20-11-6-4-10(5-7-11)8-12-14(18)16(15(21)22-12)9-13(17)19-2/h4-8H,3,9H2,1-2H3/b12-8+. The maximum absolute atomic E-state index is 12.3. The summed E-state index contributed by atoms with van der Waals surface area (Å²) < 4.78 is 10.3. The normalized spacial score (nSPS) is 16.3. The van der Waals surface area contributed by atoms with E-state index in [2.05, 4.69) is 4.74 Å². The van der Waals surface area contributed by atoms with Crippen molar-refractivity contribution in [2.45, 2.75) is 6.92 Å². The molecule has 2 rings (SSSR count). The molecular formula is C15H15NO4S2. The van der Waals surface area contributed by atoms with E-state index in [4.69, 9.17) is 17.0 Å². The second kappa shape index (κ2) is 7.42. The van der Waals surface area contributed by atoms with Gasteiger partial charge in [-0.05, 0) is 30.7 Å². The molecule has 0 radical (unpaired) electrons. The lowest BCUT2D eigenvalue weighted by Gasteiger charge is -2.11. The van der Waals surface area contributed by atoms with Crippen LogP contribution in [-0.2, 0) is 14.3 Å². The summed E-state index contributed by atoms with van der Waals surface area (Å²) in [5, 5.41) is 0. The van der Waals surface area contributed by atoms with E-state index >= 15 is 0 Å². The fraction of sp³-hybridized carbons (Fsp3) is 0.267. The SMILES string of the molecule is CCOc1ccc(/C=C2/SC(=S)N(CC(=O)OC)C2=O)cc1. The molecule has 1 aliphatic heterocycles. The van der Waals surface area contributed by atoms with Gasteiger partial charge in [0.2, 0.25) is 0 Å². The van der Waals surface area contributed by atoms with Crippen molar-refractivity contribution < 1.29 is 19.1 Å². The molecule has 1 aliphatic rings. The molecule has 0 aromatic heterocycles. The number of hydrogen-bond acceptors (Lipinski definition) is 6. The van der Waals surface area contributed by atoms with Crippen LogP contribution < -0.4 is 4.74 Å². The average Bonchev–Trinajstić information content (AvgIpc) is 2.77. The zero-order chi connectivity index (χ0) is 16.1. The molecular weight excluding hydrogens is 322 g/mol. The number of carbonyl (C=O) groups is 2. The first kappa shape index (κ1) is 16.5. The Hall–Kier alpha value is -1.86. The van der Waals surface area contributed by atoms with Crippen molar-refractivity contribution in [3.63, 3.8) is 0 Å². The zero-order valence-corrected chi connectivity index (χ0v) is 13.8. The minimum absolute atomic E-state index is 0.165. The Labute approximate surface area is 138 Å². The van der Waals surface area contributed by atoms with Crippen LogP contribution in [0.4, 0.5) is 0 Å². The molecule has 1 heterocycles. The highest BCUT2D eigenvalue weighted by atomic mass is 32.2. The molecule has 5 nitrogen and oxygen atoms in total. The molecule has 1 amide bonds. The van der Waals surface area contributed by atoms with Crippen LogP contribution in [0.2, 0.25) is 0 Å². The van der Waals surface area contributed by atoms with E-state index in [9.17, 15) is 9.59 Å². The molecule has 0 saturated carbocycles.